The molecule has 1 fully saturated rings. The van der Waals surface area contributed by atoms with Crippen molar-refractivity contribution in [1.29, 1.82) is 10.5 Å². The van der Waals surface area contributed by atoms with Crippen LogP contribution in [0.25, 0.3) is 0 Å². The van der Waals surface area contributed by atoms with Crippen LogP contribution in [0.2, 0.25) is 0 Å². The molecule has 1 aromatic heterocycles. The molecule has 130 valence electrons. The summed E-state index contributed by atoms with van der Waals surface area (Å²) in [6.07, 6.45) is 2.23. The van der Waals surface area contributed by atoms with Crippen LogP contribution >= 0.6 is 0 Å². The maximum atomic E-state index is 9.23. The first-order valence-corrected chi connectivity index (χ1v) is 8.66. The van der Waals surface area contributed by atoms with Gasteiger partial charge >= 0.3 is 0 Å². The van der Waals surface area contributed by atoms with Crippen LogP contribution in [0.1, 0.15) is 37.8 Å². The normalized spacial score (nSPS) is 19.3. The SMILES string of the molecule is CCn1c(C)nnc1CN(C)[C@@H]1CCN(C[C@H](C#N)CCC#N)C1. The predicted molar refractivity (Wildman–Crippen MR) is 90.7 cm³/mol. The summed E-state index contributed by atoms with van der Waals surface area (Å²) in [5.41, 5.74) is 0. The summed E-state index contributed by atoms with van der Waals surface area (Å²) in [4.78, 5) is 4.69. The van der Waals surface area contributed by atoms with Gasteiger partial charge < -0.3 is 9.47 Å². The van der Waals surface area contributed by atoms with Gasteiger partial charge in [-0.05, 0) is 40.3 Å². The maximum Gasteiger partial charge on any atom is 0.147 e. The molecule has 0 spiro atoms. The quantitative estimate of drug-likeness (QED) is 0.719. The number of aromatic nitrogens is 3. The van der Waals surface area contributed by atoms with Gasteiger partial charge in [-0.15, -0.1) is 10.2 Å². The Hall–Kier alpha value is -1.96. The molecule has 1 aliphatic heterocycles. The van der Waals surface area contributed by atoms with Gasteiger partial charge in [-0.25, -0.2) is 0 Å². The van der Waals surface area contributed by atoms with Crippen molar-refractivity contribution in [3.8, 4) is 12.1 Å². The predicted octanol–water partition coefficient (Wildman–Crippen LogP) is 1.56. The monoisotopic (exact) mass is 329 g/mol. The highest BCUT2D eigenvalue weighted by Gasteiger charge is 2.28. The minimum Gasteiger partial charge on any atom is -0.314 e. The van der Waals surface area contributed by atoms with Gasteiger partial charge in [0.15, 0.2) is 0 Å². The number of aryl methyl sites for hydroxylation is 1. The molecule has 2 atom stereocenters. The first-order valence-electron chi connectivity index (χ1n) is 8.66. The molecule has 1 aromatic rings. The fraction of sp³-hybridized carbons (Fsp3) is 0.765. The Bertz CT molecular complexity index is 609. The van der Waals surface area contributed by atoms with Crippen molar-refractivity contribution in [3.05, 3.63) is 11.6 Å². The third-order valence-corrected chi connectivity index (χ3v) is 4.86. The minimum atomic E-state index is -0.0421. The van der Waals surface area contributed by atoms with E-state index in [0.717, 1.165) is 50.8 Å². The topological polar surface area (TPSA) is 84.8 Å². The summed E-state index contributed by atoms with van der Waals surface area (Å²) in [6, 6.07) is 4.94. The highest BCUT2D eigenvalue weighted by atomic mass is 15.3. The molecule has 7 heteroatoms. The number of rotatable bonds is 8. The zero-order valence-electron chi connectivity index (χ0n) is 14.9. The van der Waals surface area contributed by atoms with E-state index in [1.165, 1.54) is 0 Å². The third-order valence-electron chi connectivity index (χ3n) is 4.86. The molecular formula is C17H27N7. The largest absolute Gasteiger partial charge is 0.314 e. The molecule has 2 rings (SSSR count). The Morgan fingerprint density at radius 1 is 1.38 bits per heavy atom. The van der Waals surface area contributed by atoms with Crippen LogP contribution in [0.5, 0.6) is 0 Å². The Labute approximate surface area is 144 Å². The summed E-state index contributed by atoms with van der Waals surface area (Å²) < 4.78 is 2.15. The molecule has 0 bridgehead atoms. The second kappa shape index (κ2) is 8.77. The van der Waals surface area contributed by atoms with E-state index >= 15 is 0 Å². The van der Waals surface area contributed by atoms with Crippen LogP contribution in [0.15, 0.2) is 0 Å². The van der Waals surface area contributed by atoms with E-state index in [0.29, 0.717) is 18.9 Å². The first kappa shape index (κ1) is 18.4. The summed E-state index contributed by atoms with van der Waals surface area (Å²) in [5, 5.41) is 26.4. The summed E-state index contributed by atoms with van der Waals surface area (Å²) >= 11 is 0. The lowest BCUT2D eigenvalue weighted by Crippen LogP contribution is -2.36. The zero-order valence-corrected chi connectivity index (χ0v) is 14.9. The molecule has 0 radical (unpaired) electrons. The number of nitrogens with zero attached hydrogens (tertiary/aromatic N) is 7. The number of nitriles is 2. The molecule has 24 heavy (non-hydrogen) atoms. The fourth-order valence-corrected chi connectivity index (χ4v) is 3.39. The van der Waals surface area contributed by atoms with Gasteiger partial charge in [-0.2, -0.15) is 10.5 Å². The van der Waals surface area contributed by atoms with Crippen molar-refractivity contribution in [2.24, 2.45) is 5.92 Å². The van der Waals surface area contributed by atoms with E-state index in [2.05, 4.69) is 50.7 Å². The lowest BCUT2D eigenvalue weighted by molar-refractivity contribution is 0.212. The second-order valence-electron chi connectivity index (χ2n) is 6.55. The van der Waals surface area contributed by atoms with Gasteiger partial charge in [-0.3, -0.25) is 4.90 Å². The van der Waals surface area contributed by atoms with Gasteiger partial charge in [-0.1, -0.05) is 0 Å². The van der Waals surface area contributed by atoms with Crippen LogP contribution < -0.4 is 0 Å². The van der Waals surface area contributed by atoms with Crippen LogP contribution in [0.4, 0.5) is 0 Å². The number of likely N-dealkylation sites (N-methyl/N-ethyl adjacent to an activating group) is 1. The highest BCUT2D eigenvalue weighted by molar-refractivity contribution is 4.96. The van der Waals surface area contributed by atoms with E-state index in [1.807, 2.05) is 6.92 Å². The summed E-state index contributed by atoms with van der Waals surface area (Å²) in [7, 11) is 2.13. The van der Waals surface area contributed by atoms with Gasteiger partial charge in [0.05, 0.1) is 24.6 Å². The molecule has 0 aromatic carbocycles. The lowest BCUT2D eigenvalue weighted by Gasteiger charge is -2.25. The van der Waals surface area contributed by atoms with Gasteiger partial charge in [0, 0.05) is 32.1 Å². The Morgan fingerprint density at radius 2 is 2.17 bits per heavy atom. The molecule has 0 amide bonds. The van der Waals surface area contributed by atoms with Crippen LogP contribution in [0.3, 0.4) is 0 Å². The maximum absolute atomic E-state index is 9.23. The molecule has 2 heterocycles. The van der Waals surface area contributed by atoms with Crippen molar-refractivity contribution in [2.45, 2.75) is 52.2 Å². The molecule has 0 aliphatic carbocycles. The molecule has 0 unspecified atom stereocenters. The molecule has 7 nitrogen and oxygen atoms in total. The Balaban J connectivity index is 1.86. The lowest BCUT2D eigenvalue weighted by atomic mass is 10.1. The van der Waals surface area contributed by atoms with Crippen molar-refractivity contribution in [3.63, 3.8) is 0 Å². The molecule has 0 saturated carbocycles. The van der Waals surface area contributed by atoms with Gasteiger partial charge in [0.2, 0.25) is 0 Å². The number of hydrogen-bond donors (Lipinski definition) is 0. The van der Waals surface area contributed by atoms with Crippen LogP contribution in [-0.4, -0.2) is 57.3 Å². The van der Waals surface area contributed by atoms with Crippen molar-refractivity contribution in [1.82, 2.24) is 24.6 Å². The van der Waals surface area contributed by atoms with Gasteiger partial charge in [0.1, 0.15) is 11.6 Å². The number of likely N-dealkylation sites (tertiary alicyclic amines) is 1. The number of hydrogen-bond acceptors (Lipinski definition) is 6. The van der Waals surface area contributed by atoms with E-state index < -0.39 is 0 Å². The molecular weight excluding hydrogens is 302 g/mol. The highest BCUT2D eigenvalue weighted by Crippen LogP contribution is 2.19. The van der Waals surface area contributed by atoms with Crippen molar-refractivity contribution < 1.29 is 0 Å². The van der Waals surface area contributed by atoms with E-state index in [-0.39, 0.29) is 5.92 Å². The molecule has 1 aliphatic rings. The third kappa shape index (κ3) is 4.53. The average molecular weight is 329 g/mol. The summed E-state index contributed by atoms with van der Waals surface area (Å²) in [6.45, 7) is 8.54. The van der Waals surface area contributed by atoms with Crippen molar-refractivity contribution in [2.75, 3.05) is 26.7 Å². The average Bonchev–Trinajstić information content (AvgIpc) is 3.18. The standard InChI is InChI=1S/C17H27N7/c1-4-24-14(2)20-21-17(24)13-22(3)16-7-9-23(12-16)11-15(10-19)6-5-8-18/h15-16H,4-7,9,11-13H2,1-3H3/t15-,16+/m0/s1. The first-order chi connectivity index (χ1) is 11.6. The van der Waals surface area contributed by atoms with Crippen LogP contribution in [-0.2, 0) is 13.1 Å². The smallest absolute Gasteiger partial charge is 0.147 e. The van der Waals surface area contributed by atoms with Gasteiger partial charge in [0.25, 0.3) is 0 Å². The van der Waals surface area contributed by atoms with Crippen molar-refractivity contribution >= 4 is 0 Å². The van der Waals surface area contributed by atoms with E-state index in [4.69, 9.17) is 5.26 Å². The molecule has 1 saturated heterocycles. The fourth-order valence-electron chi connectivity index (χ4n) is 3.39. The second-order valence-corrected chi connectivity index (χ2v) is 6.55. The Morgan fingerprint density at radius 3 is 2.83 bits per heavy atom. The minimum absolute atomic E-state index is 0.0421. The molecule has 0 N–H and O–H groups in total. The van der Waals surface area contributed by atoms with Crippen LogP contribution in [0, 0.1) is 35.5 Å². The zero-order chi connectivity index (χ0) is 17.5. The summed E-state index contributed by atoms with van der Waals surface area (Å²) in [5.74, 6) is 1.93. The van der Waals surface area contributed by atoms with E-state index in [9.17, 15) is 5.26 Å². The Kier molecular flexibility index (Phi) is 6.72. The van der Waals surface area contributed by atoms with E-state index in [1.54, 1.807) is 0 Å².